The summed E-state index contributed by atoms with van der Waals surface area (Å²) in [5.74, 6) is 1.86. The van der Waals surface area contributed by atoms with Crippen molar-refractivity contribution in [3.8, 4) is 0 Å². The van der Waals surface area contributed by atoms with Gasteiger partial charge in [-0.25, -0.2) is 9.97 Å². The third-order valence-electron chi connectivity index (χ3n) is 5.10. The van der Waals surface area contributed by atoms with E-state index in [2.05, 4.69) is 14.9 Å². The summed E-state index contributed by atoms with van der Waals surface area (Å²) in [5, 5.41) is 0. The van der Waals surface area contributed by atoms with Crippen LogP contribution in [0.15, 0.2) is 30.7 Å². The summed E-state index contributed by atoms with van der Waals surface area (Å²) < 4.78 is 1.94. The van der Waals surface area contributed by atoms with Crippen molar-refractivity contribution in [2.24, 2.45) is 7.05 Å². The van der Waals surface area contributed by atoms with Gasteiger partial charge in [-0.3, -0.25) is 4.79 Å². The van der Waals surface area contributed by atoms with Gasteiger partial charge in [-0.15, -0.1) is 0 Å². The Bertz CT molecular complexity index is 701. The van der Waals surface area contributed by atoms with Gasteiger partial charge in [0.25, 0.3) is 5.91 Å². The number of aromatic nitrogens is 3. The number of carbonyl (C=O) groups is 1. The molecule has 1 fully saturated rings. The second-order valence-corrected chi connectivity index (χ2v) is 6.93. The van der Waals surface area contributed by atoms with Crippen LogP contribution in [0.2, 0.25) is 0 Å². The molecule has 0 N–H and O–H groups in total. The number of rotatable bonds is 5. The SMILES string of the molecule is CCN(Cc1nccn1C)C(=O)c1ccc(N2CCCCCCC2)nc1. The molecule has 6 nitrogen and oxygen atoms in total. The summed E-state index contributed by atoms with van der Waals surface area (Å²) >= 11 is 0. The molecule has 2 aromatic heterocycles. The Morgan fingerprint density at radius 3 is 2.42 bits per heavy atom. The Morgan fingerprint density at radius 2 is 1.85 bits per heavy atom. The average molecular weight is 355 g/mol. The maximum absolute atomic E-state index is 12.8. The van der Waals surface area contributed by atoms with Crippen molar-refractivity contribution in [2.45, 2.75) is 45.6 Å². The Morgan fingerprint density at radius 1 is 1.12 bits per heavy atom. The fourth-order valence-corrected chi connectivity index (χ4v) is 3.41. The first-order valence-electron chi connectivity index (χ1n) is 9.65. The third-order valence-corrected chi connectivity index (χ3v) is 5.10. The summed E-state index contributed by atoms with van der Waals surface area (Å²) in [5.41, 5.74) is 0.636. The van der Waals surface area contributed by atoms with Crippen LogP contribution >= 0.6 is 0 Å². The van der Waals surface area contributed by atoms with Gasteiger partial charge in [0.2, 0.25) is 0 Å². The minimum atomic E-state index is 0.00205. The molecule has 0 aliphatic carbocycles. The number of anilines is 1. The van der Waals surface area contributed by atoms with Gasteiger partial charge in [0.15, 0.2) is 0 Å². The fourth-order valence-electron chi connectivity index (χ4n) is 3.41. The number of pyridine rings is 1. The van der Waals surface area contributed by atoms with Crippen LogP contribution in [0.1, 0.15) is 55.2 Å². The van der Waals surface area contributed by atoms with Crippen molar-refractivity contribution in [2.75, 3.05) is 24.5 Å². The first-order valence-corrected chi connectivity index (χ1v) is 9.65. The largest absolute Gasteiger partial charge is 0.357 e. The van der Waals surface area contributed by atoms with Crippen molar-refractivity contribution in [3.05, 3.63) is 42.1 Å². The van der Waals surface area contributed by atoms with Gasteiger partial charge < -0.3 is 14.4 Å². The van der Waals surface area contributed by atoms with Crippen LogP contribution in [0.4, 0.5) is 5.82 Å². The van der Waals surface area contributed by atoms with Gasteiger partial charge in [0, 0.05) is 45.3 Å². The second kappa shape index (κ2) is 8.83. The van der Waals surface area contributed by atoms with E-state index in [9.17, 15) is 4.79 Å². The number of nitrogens with zero attached hydrogens (tertiary/aromatic N) is 5. The van der Waals surface area contributed by atoms with Crippen molar-refractivity contribution < 1.29 is 4.79 Å². The lowest BCUT2D eigenvalue weighted by Gasteiger charge is -2.26. The number of aryl methyl sites for hydroxylation is 1. The molecule has 140 valence electrons. The molecule has 0 atom stereocenters. The molecule has 0 bridgehead atoms. The van der Waals surface area contributed by atoms with Gasteiger partial charge in [-0.2, -0.15) is 0 Å². The topological polar surface area (TPSA) is 54.3 Å². The van der Waals surface area contributed by atoms with Crippen LogP contribution in [0.5, 0.6) is 0 Å². The Kier molecular flexibility index (Phi) is 6.26. The average Bonchev–Trinajstić information content (AvgIpc) is 3.04. The van der Waals surface area contributed by atoms with Crippen LogP contribution in [-0.4, -0.2) is 45.0 Å². The maximum Gasteiger partial charge on any atom is 0.255 e. The van der Waals surface area contributed by atoms with Gasteiger partial charge in [-0.05, 0) is 31.9 Å². The van der Waals surface area contributed by atoms with E-state index in [1.54, 1.807) is 17.3 Å². The number of hydrogen-bond donors (Lipinski definition) is 0. The summed E-state index contributed by atoms with van der Waals surface area (Å²) in [6, 6.07) is 3.90. The molecule has 0 spiro atoms. The molecule has 1 amide bonds. The monoisotopic (exact) mass is 355 g/mol. The van der Waals surface area contributed by atoms with Crippen molar-refractivity contribution in [1.29, 1.82) is 0 Å². The van der Waals surface area contributed by atoms with Crippen LogP contribution in [0, 0.1) is 0 Å². The summed E-state index contributed by atoms with van der Waals surface area (Å²) in [6.45, 7) is 5.25. The molecule has 0 aromatic carbocycles. The highest BCUT2D eigenvalue weighted by Gasteiger charge is 2.18. The predicted molar refractivity (Wildman–Crippen MR) is 103 cm³/mol. The highest BCUT2D eigenvalue weighted by molar-refractivity contribution is 5.94. The molecule has 0 saturated carbocycles. The number of amides is 1. The molecule has 0 radical (unpaired) electrons. The third kappa shape index (κ3) is 4.42. The predicted octanol–water partition coefficient (Wildman–Crippen LogP) is 3.25. The summed E-state index contributed by atoms with van der Waals surface area (Å²) in [4.78, 5) is 25.9. The zero-order valence-electron chi connectivity index (χ0n) is 15.9. The molecular formula is C20H29N5O. The van der Waals surface area contributed by atoms with Gasteiger partial charge in [0.05, 0.1) is 12.1 Å². The Balaban J connectivity index is 1.68. The molecule has 3 rings (SSSR count). The highest BCUT2D eigenvalue weighted by atomic mass is 16.2. The standard InChI is InChI=1S/C20H29N5O/c1-3-24(16-19-21-11-14-23(19)2)20(26)17-9-10-18(22-15-17)25-12-7-5-4-6-8-13-25/h9-11,14-15H,3-8,12-13,16H2,1-2H3. The van der Waals surface area contributed by atoms with Gasteiger partial charge in [0.1, 0.15) is 11.6 Å². The molecular weight excluding hydrogens is 326 g/mol. The highest BCUT2D eigenvalue weighted by Crippen LogP contribution is 2.18. The van der Waals surface area contributed by atoms with Crippen molar-refractivity contribution in [1.82, 2.24) is 19.4 Å². The molecule has 6 heteroatoms. The molecule has 26 heavy (non-hydrogen) atoms. The molecule has 0 unspecified atom stereocenters. The lowest BCUT2D eigenvalue weighted by molar-refractivity contribution is 0.0747. The van der Waals surface area contributed by atoms with E-state index in [1.165, 1.54) is 32.1 Å². The maximum atomic E-state index is 12.8. The minimum absolute atomic E-state index is 0.00205. The molecule has 1 aliphatic rings. The number of carbonyl (C=O) groups excluding carboxylic acids is 1. The smallest absolute Gasteiger partial charge is 0.255 e. The molecule has 1 saturated heterocycles. The second-order valence-electron chi connectivity index (χ2n) is 6.93. The van der Waals surface area contributed by atoms with E-state index in [1.807, 2.05) is 36.9 Å². The van der Waals surface area contributed by atoms with Crippen molar-refractivity contribution >= 4 is 11.7 Å². The number of imidazole rings is 1. The number of hydrogen-bond acceptors (Lipinski definition) is 4. The Labute approximate surface area is 155 Å². The Hall–Kier alpha value is -2.37. The van der Waals surface area contributed by atoms with E-state index < -0.39 is 0 Å². The van der Waals surface area contributed by atoms with Crippen LogP contribution in [-0.2, 0) is 13.6 Å². The normalized spacial score (nSPS) is 15.4. The van der Waals surface area contributed by atoms with Crippen LogP contribution in [0.3, 0.4) is 0 Å². The van der Waals surface area contributed by atoms with Crippen LogP contribution < -0.4 is 4.90 Å². The fraction of sp³-hybridized carbons (Fsp3) is 0.550. The first-order chi connectivity index (χ1) is 12.7. The quantitative estimate of drug-likeness (QED) is 0.826. The lowest BCUT2D eigenvalue weighted by Crippen LogP contribution is -2.32. The van der Waals surface area contributed by atoms with E-state index in [-0.39, 0.29) is 5.91 Å². The van der Waals surface area contributed by atoms with E-state index in [4.69, 9.17) is 0 Å². The molecule has 2 aromatic rings. The molecule has 1 aliphatic heterocycles. The minimum Gasteiger partial charge on any atom is -0.357 e. The van der Waals surface area contributed by atoms with E-state index in [0.29, 0.717) is 18.7 Å². The summed E-state index contributed by atoms with van der Waals surface area (Å²) in [7, 11) is 1.94. The van der Waals surface area contributed by atoms with Gasteiger partial charge in [-0.1, -0.05) is 19.3 Å². The van der Waals surface area contributed by atoms with Crippen LogP contribution in [0.25, 0.3) is 0 Å². The zero-order chi connectivity index (χ0) is 18.4. The van der Waals surface area contributed by atoms with E-state index in [0.717, 1.165) is 24.7 Å². The van der Waals surface area contributed by atoms with Crippen molar-refractivity contribution in [3.63, 3.8) is 0 Å². The van der Waals surface area contributed by atoms with Gasteiger partial charge >= 0.3 is 0 Å². The zero-order valence-corrected chi connectivity index (χ0v) is 15.9. The first kappa shape index (κ1) is 18.4. The lowest BCUT2D eigenvalue weighted by atomic mass is 10.1. The van der Waals surface area contributed by atoms with E-state index >= 15 is 0 Å². The molecule has 3 heterocycles. The summed E-state index contributed by atoms with van der Waals surface area (Å²) in [6.07, 6.45) is 11.7.